The quantitative estimate of drug-likeness (QED) is 0.0334. The molecule has 4 rings (SSSR count). The Hall–Kier alpha value is -6.14. The molecule has 0 radical (unpaired) electrons. The molecule has 0 aromatic rings. The van der Waals surface area contributed by atoms with Gasteiger partial charge in [0, 0.05) is 147 Å². The van der Waals surface area contributed by atoms with Gasteiger partial charge in [-0.05, 0) is 64.9 Å². The van der Waals surface area contributed by atoms with Gasteiger partial charge >= 0.3 is 0 Å². The molecule has 0 saturated carbocycles. The Bertz CT molecular complexity index is 2780. The summed E-state index contributed by atoms with van der Waals surface area (Å²) in [5.41, 5.74) is 0. The maximum atomic E-state index is 12.4. The summed E-state index contributed by atoms with van der Waals surface area (Å²) in [6, 6.07) is 0. The lowest BCUT2D eigenvalue weighted by molar-refractivity contribution is -0.141. The van der Waals surface area contributed by atoms with Gasteiger partial charge in [0.15, 0.2) is 11.0 Å². The van der Waals surface area contributed by atoms with Crippen molar-refractivity contribution in [2.45, 2.75) is 189 Å². The van der Waals surface area contributed by atoms with E-state index >= 15 is 0 Å². The number of imide groups is 4. The third kappa shape index (κ3) is 29.5. The molecule has 0 bridgehead atoms. The monoisotopic (exact) mass is 1380 g/mol. The summed E-state index contributed by atoms with van der Waals surface area (Å²) >= 11 is 3.40. The number of Topliss-reactive ketones (excluding diaryl/α,β-unsaturated/α-hetero) is 2. The van der Waals surface area contributed by atoms with Crippen LogP contribution in [-0.4, -0.2) is 210 Å². The Labute approximate surface area is 563 Å². The number of nitrogens with zero attached hydrogens (tertiary/aromatic N) is 4. The van der Waals surface area contributed by atoms with E-state index in [-0.39, 0.29) is 235 Å². The van der Waals surface area contributed by atoms with Gasteiger partial charge in [-0.15, -0.1) is 0 Å². The van der Waals surface area contributed by atoms with Crippen LogP contribution in [0.3, 0.4) is 0 Å². The minimum absolute atomic E-state index is 0.00812. The third-order valence-electron chi connectivity index (χ3n) is 16.2. The molecular weight excluding hydrogens is 1280 g/mol. The fourth-order valence-corrected chi connectivity index (χ4v) is 13.1. The van der Waals surface area contributed by atoms with E-state index in [0.29, 0.717) is 42.1 Å². The molecule has 4 aliphatic heterocycles. The van der Waals surface area contributed by atoms with Crippen LogP contribution >= 0.6 is 23.5 Å². The molecule has 94 heavy (non-hydrogen) atoms. The van der Waals surface area contributed by atoms with Crippen molar-refractivity contribution >= 4 is 122 Å². The molecule has 4 saturated heterocycles. The zero-order valence-electron chi connectivity index (χ0n) is 57.4. The molecule has 30 heteroatoms. The van der Waals surface area contributed by atoms with Crippen LogP contribution in [-0.2, 0) is 86.2 Å². The maximum absolute atomic E-state index is 12.4. The molecule has 5 N–H and O–H groups in total. The van der Waals surface area contributed by atoms with E-state index in [9.17, 15) is 80.3 Å². The zero-order valence-corrected chi connectivity index (χ0v) is 59.8. The Kier molecular flexibility index (Phi) is 37.9. The molecule has 0 aliphatic carbocycles. The van der Waals surface area contributed by atoms with Gasteiger partial charge in [0.25, 0.3) is 10.1 Å². The molecule has 0 aromatic heterocycles. The van der Waals surface area contributed by atoms with Crippen molar-refractivity contribution in [3.63, 3.8) is 0 Å². The van der Waals surface area contributed by atoms with Gasteiger partial charge in [-0.25, -0.2) is 0 Å². The van der Waals surface area contributed by atoms with Crippen LogP contribution in [0.15, 0.2) is 0 Å². The van der Waals surface area contributed by atoms with Crippen molar-refractivity contribution in [3.05, 3.63) is 0 Å². The third-order valence-corrected chi connectivity index (χ3v) is 20.2. The van der Waals surface area contributed by atoms with Crippen molar-refractivity contribution in [3.8, 4) is 0 Å². The summed E-state index contributed by atoms with van der Waals surface area (Å²) in [6.07, 6.45) is 2.42. The molecule has 532 valence electrons. The first kappa shape index (κ1) is 83.9. The second kappa shape index (κ2) is 42.4. The first-order valence-corrected chi connectivity index (χ1v) is 36.4. The molecule has 13 amide bonds. The molecule has 27 nitrogen and oxygen atoms in total. The topological polar surface area (TPSA) is 373 Å². The van der Waals surface area contributed by atoms with Crippen molar-refractivity contribution in [2.75, 3.05) is 77.5 Å². The lowest BCUT2D eigenvalue weighted by Gasteiger charge is -2.19. The van der Waals surface area contributed by atoms with E-state index in [4.69, 9.17) is 0 Å². The maximum Gasteiger partial charge on any atom is 0.279 e. The highest BCUT2D eigenvalue weighted by Crippen LogP contribution is 2.29. The van der Waals surface area contributed by atoms with E-state index < -0.39 is 33.1 Å². The van der Waals surface area contributed by atoms with Crippen LogP contribution in [0.1, 0.15) is 173 Å². The smallest absolute Gasteiger partial charge is 0.279 e. The first-order valence-electron chi connectivity index (χ1n) is 32.8. The van der Waals surface area contributed by atoms with E-state index in [0.717, 1.165) is 24.2 Å². The summed E-state index contributed by atoms with van der Waals surface area (Å²) in [7, 11) is -2.99. The van der Waals surface area contributed by atoms with Crippen LogP contribution in [0.25, 0.3) is 0 Å². The highest BCUT2D eigenvalue weighted by molar-refractivity contribution is 8.00. The number of carbonyl (C=O) groups excluding carboxylic acids is 15. The first-order chi connectivity index (χ1) is 44.0. The molecule has 4 heterocycles. The highest BCUT2D eigenvalue weighted by atomic mass is 32.2. The fraction of sp³-hybridized carbons (Fsp3) is 0.766. The van der Waals surface area contributed by atoms with Gasteiger partial charge in [0.05, 0.1) is 13.7 Å². The van der Waals surface area contributed by atoms with Gasteiger partial charge < -0.3 is 26.6 Å². The van der Waals surface area contributed by atoms with Crippen LogP contribution < -0.4 is 26.6 Å². The lowest BCUT2D eigenvalue weighted by atomic mass is 9.94. The minimum atomic E-state index is -4.02. The summed E-state index contributed by atoms with van der Waals surface area (Å²) in [4.78, 5) is 186. The van der Waals surface area contributed by atoms with Crippen molar-refractivity contribution < 1.29 is 84.5 Å². The van der Waals surface area contributed by atoms with Crippen LogP contribution in [0.5, 0.6) is 0 Å². The molecule has 0 spiro atoms. The normalized spacial score (nSPS) is 18.6. The van der Waals surface area contributed by atoms with Crippen molar-refractivity contribution in [1.29, 1.82) is 0 Å². The number of hydrogen-bond donors (Lipinski definition) is 5. The molecule has 4 fully saturated rings. The van der Waals surface area contributed by atoms with Gasteiger partial charge in [0.1, 0.15) is 5.78 Å². The highest BCUT2D eigenvalue weighted by Gasteiger charge is 2.43. The summed E-state index contributed by atoms with van der Waals surface area (Å²) in [6.45, 7) is 24.3. The number of carbonyl (C=O) groups is 15. The Morgan fingerprint density at radius 1 is 0.426 bits per heavy atom. The summed E-state index contributed by atoms with van der Waals surface area (Å²) in [5, 5.41) is 12.5. The standard InChI is InChI=1S/C31H47N5O9.C17H30N2O6S2.C16H28N2O3S/c1-19(2)23-16-28(42)35(30(23)44)14-5-6-21(37)7-9-26(40)34-18-22(38)8-10-25(39)32-12-11-27(41)33-13-15-36-29(43)17-24(20(3)4)31(36)45;1-11(2)13-10-15(20)19(17(13)22)8-7-18-16(21)14(27(23,24)25-5)6-9-26-12(3)4;1-11(2)13-10-15(20)18(16(13)21)8-7-17-14(19)6-5-9-22-12(3)4/h19-20,23-24H,5-18H2,1-4H3,(H,32,39)(H,33,41)(H,34,40);11-14H,6-10H2,1-5H3,(H,18,21);11-13H,5-10H2,1-4H3,(H,17,19). The van der Waals surface area contributed by atoms with Crippen LogP contribution in [0.2, 0.25) is 0 Å². The molecule has 0 aromatic carbocycles. The SMILES string of the molecule is CC(C)C1CC(=O)N(CCCC(=O)CCC(=O)NCC(=O)CCC(=O)NCCC(=O)NCCN2C(=O)CC(C(C)C)C2=O)C1=O.CC(C)SCCCC(=O)NCCN1C(=O)CC(C(C)C)C1=O.COS(=O)(=O)C(CCSC(C)C)C(=O)NCCN1C(=O)CC(C(C)C)C1=O. The number of nitrogens with one attached hydrogen (secondary N) is 5. The van der Waals surface area contributed by atoms with E-state index in [2.05, 4.69) is 44.6 Å². The predicted molar refractivity (Wildman–Crippen MR) is 355 cm³/mol. The molecule has 4 aliphatic rings. The van der Waals surface area contributed by atoms with E-state index in [1.54, 1.807) is 11.8 Å². The molecule has 5 atom stereocenters. The number of hydrogen-bond acceptors (Lipinski definition) is 20. The Morgan fingerprint density at radius 2 is 0.777 bits per heavy atom. The molecular formula is C64H105N9O18S3. The second-order valence-electron chi connectivity index (χ2n) is 25.7. The largest absolute Gasteiger partial charge is 0.356 e. The predicted octanol–water partition coefficient (Wildman–Crippen LogP) is 3.33. The Balaban J connectivity index is 0.000000522. The number of amides is 13. The van der Waals surface area contributed by atoms with Crippen molar-refractivity contribution in [1.82, 2.24) is 46.2 Å². The van der Waals surface area contributed by atoms with Crippen LogP contribution in [0, 0.1) is 47.3 Å². The number of ketones is 2. The zero-order chi connectivity index (χ0) is 71.2. The summed E-state index contributed by atoms with van der Waals surface area (Å²) in [5.74, 6) is -3.43. The lowest BCUT2D eigenvalue weighted by Crippen LogP contribution is -2.44. The number of thioether (sulfide) groups is 2. The Morgan fingerprint density at radius 3 is 1.17 bits per heavy atom. The van der Waals surface area contributed by atoms with E-state index in [1.807, 2.05) is 81.0 Å². The average molecular weight is 1380 g/mol. The van der Waals surface area contributed by atoms with Crippen LogP contribution in [0.4, 0.5) is 0 Å². The summed E-state index contributed by atoms with van der Waals surface area (Å²) < 4.78 is 28.6. The van der Waals surface area contributed by atoms with E-state index in [1.165, 1.54) is 14.7 Å². The molecule has 5 unspecified atom stereocenters. The number of rotatable bonds is 40. The van der Waals surface area contributed by atoms with Crippen molar-refractivity contribution in [2.24, 2.45) is 47.3 Å². The minimum Gasteiger partial charge on any atom is -0.356 e. The van der Waals surface area contributed by atoms with Gasteiger partial charge in [-0.3, -0.25) is 95.7 Å². The van der Waals surface area contributed by atoms with Gasteiger partial charge in [0.2, 0.25) is 76.8 Å². The average Bonchev–Trinajstić information content (AvgIpc) is 1.67. The van der Waals surface area contributed by atoms with Gasteiger partial charge in [-0.2, -0.15) is 31.9 Å². The fourth-order valence-electron chi connectivity index (χ4n) is 10.4. The second-order valence-corrected chi connectivity index (χ2v) is 30.9. The van der Waals surface area contributed by atoms with Gasteiger partial charge in [-0.1, -0.05) is 83.1 Å². The number of likely N-dealkylation sites (tertiary alicyclic amines) is 4.